The normalized spacial score (nSPS) is 13.0. The lowest BCUT2D eigenvalue weighted by atomic mass is 9.93. The first-order chi connectivity index (χ1) is 8.13. The molecule has 1 aromatic carbocycles. The summed E-state index contributed by atoms with van der Waals surface area (Å²) < 4.78 is 5.15. The van der Waals surface area contributed by atoms with Gasteiger partial charge in [-0.2, -0.15) is 0 Å². The Labute approximate surface area is 113 Å². The van der Waals surface area contributed by atoms with Crippen molar-refractivity contribution in [3.8, 4) is 5.75 Å². The van der Waals surface area contributed by atoms with Crippen molar-refractivity contribution >= 4 is 23.2 Å². The van der Waals surface area contributed by atoms with Crippen LogP contribution >= 0.6 is 23.2 Å². The number of allylic oxidation sites excluding steroid dienone is 2. The van der Waals surface area contributed by atoms with Crippen molar-refractivity contribution in [2.75, 3.05) is 7.11 Å². The van der Waals surface area contributed by atoms with Crippen LogP contribution in [0.4, 0.5) is 0 Å². The van der Waals surface area contributed by atoms with E-state index in [9.17, 15) is 0 Å². The van der Waals surface area contributed by atoms with Gasteiger partial charge in [0.15, 0.2) is 5.75 Å². The Morgan fingerprint density at radius 3 is 2.29 bits per heavy atom. The van der Waals surface area contributed by atoms with Crippen molar-refractivity contribution in [2.45, 2.75) is 32.6 Å². The predicted molar refractivity (Wildman–Crippen MR) is 75.5 cm³/mol. The van der Waals surface area contributed by atoms with Crippen LogP contribution in [-0.4, -0.2) is 7.11 Å². The smallest absolute Gasteiger partial charge is 0.156 e. The number of rotatable bonds is 5. The number of ether oxygens (including phenoxy) is 1. The van der Waals surface area contributed by atoms with Crippen LogP contribution in [0.3, 0.4) is 0 Å². The molecule has 0 aliphatic rings. The fourth-order valence-corrected chi connectivity index (χ4v) is 2.51. The maximum absolute atomic E-state index is 6.14. The lowest BCUT2D eigenvalue weighted by Gasteiger charge is -2.16. The fraction of sp³-hybridized carbons (Fsp3) is 0.429. The molecule has 1 atom stereocenters. The lowest BCUT2D eigenvalue weighted by Crippen LogP contribution is -1.97. The van der Waals surface area contributed by atoms with Gasteiger partial charge in [0.2, 0.25) is 0 Å². The highest BCUT2D eigenvalue weighted by molar-refractivity contribution is 6.37. The quantitative estimate of drug-likeness (QED) is 0.647. The second-order valence-corrected chi connectivity index (χ2v) is 4.74. The van der Waals surface area contributed by atoms with Crippen molar-refractivity contribution in [3.63, 3.8) is 0 Å². The summed E-state index contributed by atoms with van der Waals surface area (Å²) in [5, 5.41) is 1.16. The molecule has 0 aliphatic heterocycles. The number of methoxy groups -OCH3 is 1. The van der Waals surface area contributed by atoms with Crippen molar-refractivity contribution in [3.05, 3.63) is 39.9 Å². The highest BCUT2D eigenvalue weighted by atomic mass is 35.5. The van der Waals surface area contributed by atoms with E-state index < -0.39 is 0 Å². The molecule has 1 nitrogen and oxygen atoms in total. The molecule has 17 heavy (non-hydrogen) atoms. The number of hydrogen-bond acceptors (Lipinski definition) is 1. The Morgan fingerprint density at radius 1 is 1.29 bits per heavy atom. The molecule has 0 heterocycles. The van der Waals surface area contributed by atoms with Gasteiger partial charge < -0.3 is 4.74 Å². The summed E-state index contributed by atoms with van der Waals surface area (Å²) in [7, 11) is 1.57. The number of benzene rings is 1. The summed E-state index contributed by atoms with van der Waals surface area (Å²) in [5.41, 5.74) is 1.17. The van der Waals surface area contributed by atoms with Gasteiger partial charge in [-0.1, -0.05) is 42.3 Å². The van der Waals surface area contributed by atoms with Crippen LogP contribution in [0.2, 0.25) is 10.0 Å². The topological polar surface area (TPSA) is 9.23 Å². The van der Waals surface area contributed by atoms with Gasteiger partial charge in [0.1, 0.15) is 0 Å². The maximum Gasteiger partial charge on any atom is 0.156 e. The Kier molecular flexibility index (Phi) is 5.87. The monoisotopic (exact) mass is 272 g/mol. The van der Waals surface area contributed by atoms with E-state index in [1.165, 1.54) is 5.56 Å². The fourth-order valence-electron chi connectivity index (χ4n) is 1.85. The van der Waals surface area contributed by atoms with Crippen LogP contribution in [0.25, 0.3) is 0 Å². The van der Waals surface area contributed by atoms with Gasteiger partial charge in [0, 0.05) is 0 Å². The molecular formula is C14H18Cl2O. The zero-order valence-corrected chi connectivity index (χ0v) is 12.0. The van der Waals surface area contributed by atoms with Gasteiger partial charge in [0.25, 0.3) is 0 Å². The summed E-state index contributed by atoms with van der Waals surface area (Å²) in [6.45, 7) is 4.20. The van der Waals surface area contributed by atoms with E-state index in [1.807, 2.05) is 19.1 Å². The van der Waals surface area contributed by atoms with E-state index in [4.69, 9.17) is 27.9 Å². The van der Waals surface area contributed by atoms with E-state index in [0.29, 0.717) is 21.7 Å². The summed E-state index contributed by atoms with van der Waals surface area (Å²) >= 11 is 12.3. The Hall–Kier alpha value is -0.660. The van der Waals surface area contributed by atoms with Gasteiger partial charge in [-0.05, 0) is 43.4 Å². The predicted octanol–water partition coefficient (Wildman–Crippen LogP) is 5.46. The summed E-state index contributed by atoms with van der Waals surface area (Å²) in [5.74, 6) is 1.00. The van der Waals surface area contributed by atoms with Crippen LogP contribution < -0.4 is 4.74 Å². The molecule has 0 amide bonds. The van der Waals surface area contributed by atoms with Gasteiger partial charge in [-0.3, -0.25) is 0 Å². The third kappa shape index (κ3) is 3.65. The minimum absolute atomic E-state index is 0.451. The Balaban J connectivity index is 3.04. The van der Waals surface area contributed by atoms with Crippen molar-refractivity contribution < 1.29 is 4.74 Å². The van der Waals surface area contributed by atoms with Crippen molar-refractivity contribution in [1.82, 2.24) is 0 Å². The molecule has 94 valence electrons. The van der Waals surface area contributed by atoms with E-state index >= 15 is 0 Å². The van der Waals surface area contributed by atoms with Gasteiger partial charge >= 0.3 is 0 Å². The van der Waals surface area contributed by atoms with Crippen LogP contribution in [0.5, 0.6) is 5.75 Å². The Bertz CT molecular complexity index is 376. The molecule has 1 rings (SSSR count). The minimum atomic E-state index is 0.451. The molecule has 3 heteroatoms. The zero-order valence-electron chi connectivity index (χ0n) is 10.5. The van der Waals surface area contributed by atoms with Crippen LogP contribution in [0.15, 0.2) is 24.3 Å². The zero-order chi connectivity index (χ0) is 12.8. The molecule has 0 bridgehead atoms. The standard InChI is InChI=1S/C14H18Cl2O/c1-4-6-7-10(5-2)11-8-12(15)14(17-3)13(16)9-11/h4,6,8-10H,5,7H2,1-3H3/b6-4-. The molecule has 0 spiro atoms. The van der Waals surface area contributed by atoms with Gasteiger partial charge in [-0.25, -0.2) is 0 Å². The lowest BCUT2D eigenvalue weighted by molar-refractivity contribution is 0.415. The number of halogens is 2. The molecular weight excluding hydrogens is 255 g/mol. The number of hydrogen-bond donors (Lipinski definition) is 0. The molecule has 0 fully saturated rings. The third-order valence-corrected chi connectivity index (χ3v) is 3.41. The molecule has 1 unspecified atom stereocenters. The molecule has 0 saturated carbocycles. The van der Waals surface area contributed by atoms with Gasteiger partial charge in [0.05, 0.1) is 17.2 Å². The van der Waals surface area contributed by atoms with E-state index in [0.717, 1.165) is 12.8 Å². The van der Waals surface area contributed by atoms with E-state index in [1.54, 1.807) is 7.11 Å². The van der Waals surface area contributed by atoms with Crippen LogP contribution in [0.1, 0.15) is 38.2 Å². The van der Waals surface area contributed by atoms with Gasteiger partial charge in [-0.15, -0.1) is 0 Å². The molecule has 0 aliphatic carbocycles. The Morgan fingerprint density at radius 2 is 1.88 bits per heavy atom. The SMILES string of the molecule is C/C=C\CC(CC)c1cc(Cl)c(OC)c(Cl)c1. The second-order valence-electron chi connectivity index (χ2n) is 3.93. The average Bonchev–Trinajstić information content (AvgIpc) is 2.30. The first-order valence-corrected chi connectivity index (χ1v) is 6.53. The third-order valence-electron chi connectivity index (χ3n) is 2.85. The second kappa shape index (κ2) is 6.93. The first-order valence-electron chi connectivity index (χ1n) is 5.78. The first kappa shape index (κ1) is 14.4. The van der Waals surface area contributed by atoms with Crippen LogP contribution in [-0.2, 0) is 0 Å². The average molecular weight is 273 g/mol. The highest BCUT2D eigenvalue weighted by Gasteiger charge is 2.13. The molecule has 0 aromatic heterocycles. The summed E-state index contributed by atoms with van der Waals surface area (Å²) in [6.07, 6.45) is 6.30. The van der Waals surface area contributed by atoms with Crippen molar-refractivity contribution in [1.29, 1.82) is 0 Å². The molecule has 1 aromatic rings. The molecule has 0 N–H and O–H groups in total. The molecule has 0 radical (unpaired) electrons. The van der Waals surface area contributed by atoms with Crippen molar-refractivity contribution in [2.24, 2.45) is 0 Å². The summed E-state index contributed by atoms with van der Waals surface area (Å²) in [4.78, 5) is 0. The summed E-state index contributed by atoms with van der Waals surface area (Å²) in [6, 6.07) is 3.90. The van der Waals surface area contributed by atoms with E-state index in [2.05, 4.69) is 19.1 Å². The largest absolute Gasteiger partial charge is 0.494 e. The minimum Gasteiger partial charge on any atom is -0.494 e. The van der Waals surface area contributed by atoms with E-state index in [-0.39, 0.29) is 0 Å². The molecule has 0 saturated heterocycles. The highest BCUT2D eigenvalue weighted by Crippen LogP contribution is 2.37. The van der Waals surface area contributed by atoms with Crippen LogP contribution in [0, 0.1) is 0 Å². The maximum atomic E-state index is 6.14.